The van der Waals surface area contributed by atoms with Crippen molar-refractivity contribution in [2.45, 2.75) is 19.4 Å². The Morgan fingerprint density at radius 3 is 3.07 bits per heavy atom. The highest BCUT2D eigenvalue weighted by Gasteiger charge is 2.09. The second kappa shape index (κ2) is 3.85. The Balaban J connectivity index is 2.51. The molecular formula is C10H11ClN2S. The van der Waals surface area contributed by atoms with Crippen LogP contribution < -0.4 is 5.73 Å². The molecule has 74 valence electrons. The van der Waals surface area contributed by atoms with Gasteiger partial charge in [-0.2, -0.15) is 0 Å². The maximum atomic E-state index is 5.91. The number of benzene rings is 1. The quantitative estimate of drug-likeness (QED) is 0.853. The van der Waals surface area contributed by atoms with E-state index in [0.29, 0.717) is 0 Å². The first-order valence-corrected chi connectivity index (χ1v) is 5.71. The maximum Gasteiger partial charge on any atom is 0.111 e. The Bertz CT molecular complexity index is 452. The predicted molar refractivity (Wildman–Crippen MR) is 61.8 cm³/mol. The first-order valence-electron chi connectivity index (χ1n) is 4.52. The zero-order valence-electron chi connectivity index (χ0n) is 7.83. The summed E-state index contributed by atoms with van der Waals surface area (Å²) in [5.74, 6) is 0. The van der Waals surface area contributed by atoms with Crippen molar-refractivity contribution in [3.8, 4) is 0 Å². The van der Waals surface area contributed by atoms with E-state index in [9.17, 15) is 0 Å². The van der Waals surface area contributed by atoms with Crippen LogP contribution in [0.3, 0.4) is 0 Å². The molecule has 0 aliphatic heterocycles. The molecule has 0 aliphatic rings. The van der Waals surface area contributed by atoms with Gasteiger partial charge in [-0.05, 0) is 24.6 Å². The summed E-state index contributed by atoms with van der Waals surface area (Å²) in [6.45, 7) is 2.06. The molecule has 0 fully saturated rings. The number of hydrogen-bond acceptors (Lipinski definition) is 3. The lowest BCUT2D eigenvalue weighted by molar-refractivity contribution is 0.694. The van der Waals surface area contributed by atoms with Gasteiger partial charge in [-0.15, -0.1) is 11.3 Å². The number of hydrogen-bond donors (Lipinski definition) is 1. The first kappa shape index (κ1) is 9.90. The molecule has 2 N–H and O–H groups in total. The van der Waals surface area contributed by atoms with Crippen LogP contribution in [0.5, 0.6) is 0 Å². The molecule has 0 amide bonds. The van der Waals surface area contributed by atoms with Crippen LogP contribution in [-0.4, -0.2) is 4.98 Å². The average Bonchev–Trinajstić information content (AvgIpc) is 2.59. The zero-order valence-corrected chi connectivity index (χ0v) is 9.40. The molecule has 1 heterocycles. The van der Waals surface area contributed by atoms with E-state index in [0.717, 1.165) is 26.7 Å². The SMILES string of the molecule is CCC(N)c1nc2cc(Cl)ccc2s1. The number of thiazole rings is 1. The minimum Gasteiger partial charge on any atom is -0.322 e. The van der Waals surface area contributed by atoms with Crippen LogP contribution in [-0.2, 0) is 0 Å². The molecule has 0 aliphatic carbocycles. The topological polar surface area (TPSA) is 38.9 Å². The molecule has 2 rings (SSSR count). The van der Waals surface area contributed by atoms with E-state index in [1.165, 1.54) is 0 Å². The van der Waals surface area contributed by atoms with Crippen molar-refractivity contribution in [3.05, 3.63) is 28.2 Å². The molecule has 0 saturated heterocycles. The summed E-state index contributed by atoms with van der Waals surface area (Å²) in [4.78, 5) is 4.45. The molecule has 1 atom stereocenters. The Morgan fingerprint density at radius 2 is 2.36 bits per heavy atom. The molecular weight excluding hydrogens is 216 g/mol. The standard InChI is InChI=1S/C10H11ClN2S/c1-2-7(12)10-13-8-5-6(11)3-4-9(8)14-10/h3-5,7H,2,12H2,1H3. The van der Waals surface area contributed by atoms with Gasteiger partial charge >= 0.3 is 0 Å². The normalized spacial score (nSPS) is 13.4. The van der Waals surface area contributed by atoms with Gasteiger partial charge in [0, 0.05) is 5.02 Å². The third kappa shape index (κ3) is 1.75. The maximum absolute atomic E-state index is 5.91. The number of rotatable bonds is 2. The van der Waals surface area contributed by atoms with Crippen LogP contribution in [0.1, 0.15) is 24.4 Å². The van der Waals surface area contributed by atoms with Crippen LogP contribution >= 0.6 is 22.9 Å². The molecule has 14 heavy (non-hydrogen) atoms. The Morgan fingerprint density at radius 1 is 1.57 bits per heavy atom. The highest BCUT2D eigenvalue weighted by Crippen LogP contribution is 2.28. The van der Waals surface area contributed by atoms with Crippen molar-refractivity contribution >= 4 is 33.2 Å². The zero-order chi connectivity index (χ0) is 10.1. The summed E-state index contributed by atoms with van der Waals surface area (Å²) >= 11 is 7.52. The number of halogens is 1. The van der Waals surface area contributed by atoms with Crippen molar-refractivity contribution in [2.75, 3.05) is 0 Å². The molecule has 1 unspecified atom stereocenters. The van der Waals surface area contributed by atoms with Gasteiger partial charge in [-0.3, -0.25) is 0 Å². The summed E-state index contributed by atoms with van der Waals surface area (Å²) in [7, 11) is 0. The first-order chi connectivity index (χ1) is 6.70. The molecule has 2 nitrogen and oxygen atoms in total. The molecule has 0 bridgehead atoms. The van der Waals surface area contributed by atoms with Crippen molar-refractivity contribution in [2.24, 2.45) is 5.73 Å². The van der Waals surface area contributed by atoms with Crippen molar-refractivity contribution in [3.63, 3.8) is 0 Å². The van der Waals surface area contributed by atoms with E-state index in [-0.39, 0.29) is 6.04 Å². The van der Waals surface area contributed by atoms with E-state index in [1.807, 2.05) is 18.2 Å². The monoisotopic (exact) mass is 226 g/mol. The Kier molecular flexibility index (Phi) is 2.72. The fraction of sp³-hybridized carbons (Fsp3) is 0.300. The molecule has 2 aromatic rings. The van der Waals surface area contributed by atoms with E-state index in [2.05, 4.69) is 11.9 Å². The van der Waals surface area contributed by atoms with E-state index < -0.39 is 0 Å². The summed E-state index contributed by atoms with van der Waals surface area (Å²) in [5.41, 5.74) is 6.86. The number of nitrogens with zero attached hydrogens (tertiary/aromatic N) is 1. The Hall–Kier alpha value is -0.640. The van der Waals surface area contributed by atoms with E-state index in [4.69, 9.17) is 17.3 Å². The highest BCUT2D eigenvalue weighted by atomic mass is 35.5. The van der Waals surface area contributed by atoms with Gasteiger partial charge < -0.3 is 5.73 Å². The molecule has 0 saturated carbocycles. The fourth-order valence-corrected chi connectivity index (χ4v) is 2.45. The molecule has 1 aromatic carbocycles. The molecule has 0 spiro atoms. The van der Waals surface area contributed by atoms with Crippen molar-refractivity contribution < 1.29 is 0 Å². The van der Waals surface area contributed by atoms with Crippen LogP contribution in [0.15, 0.2) is 18.2 Å². The van der Waals surface area contributed by atoms with Gasteiger partial charge in [0.2, 0.25) is 0 Å². The van der Waals surface area contributed by atoms with Crippen LogP contribution in [0.2, 0.25) is 5.02 Å². The molecule has 1 aromatic heterocycles. The number of aromatic nitrogens is 1. The summed E-state index contributed by atoms with van der Waals surface area (Å²) in [5, 5.41) is 1.71. The van der Waals surface area contributed by atoms with Gasteiger partial charge in [0.15, 0.2) is 0 Å². The predicted octanol–water partition coefficient (Wildman–Crippen LogP) is 3.36. The largest absolute Gasteiger partial charge is 0.322 e. The van der Waals surface area contributed by atoms with Crippen LogP contribution in [0.25, 0.3) is 10.2 Å². The average molecular weight is 227 g/mol. The van der Waals surface area contributed by atoms with Gasteiger partial charge in [0.05, 0.1) is 16.3 Å². The third-order valence-electron chi connectivity index (χ3n) is 2.12. The van der Waals surface area contributed by atoms with Gasteiger partial charge in [0.25, 0.3) is 0 Å². The van der Waals surface area contributed by atoms with E-state index in [1.54, 1.807) is 11.3 Å². The summed E-state index contributed by atoms with van der Waals surface area (Å²) in [6, 6.07) is 5.79. The minimum atomic E-state index is 0.0474. The number of nitrogens with two attached hydrogens (primary N) is 1. The van der Waals surface area contributed by atoms with Crippen molar-refractivity contribution in [1.29, 1.82) is 0 Å². The van der Waals surface area contributed by atoms with Crippen LogP contribution in [0, 0.1) is 0 Å². The van der Waals surface area contributed by atoms with Gasteiger partial charge in [-0.25, -0.2) is 4.98 Å². The lowest BCUT2D eigenvalue weighted by Crippen LogP contribution is -2.07. The number of fused-ring (bicyclic) bond motifs is 1. The minimum absolute atomic E-state index is 0.0474. The summed E-state index contributed by atoms with van der Waals surface area (Å²) < 4.78 is 1.15. The lowest BCUT2D eigenvalue weighted by Gasteiger charge is -2.01. The Labute approximate surface area is 91.7 Å². The molecule has 4 heteroatoms. The smallest absolute Gasteiger partial charge is 0.111 e. The highest BCUT2D eigenvalue weighted by molar-refractivity contribution is 7.18. The molecule has 0 radical (unpaired) electrons. The fourth-order valence-electron chi connectivity index (χ4n) is 1.25. The van der Waals surface area contributed by atoms with Gasteiger partial charge in [0.1, 0.15) is 5.01 Å². The lowest BCUT2D eigenvalue weighted by atomic mass is 10.2. The van der Waals surface area contributed by atoms with Crippen LogP contribution in [0.4, 0.5) is 0 Å². The third-order valence-corrected chi connectivity index (χ3v) is 3.53. The second-order valence-corrected chi connectivity index (χ2v) is 4.68. The summed E-state index contributed by atoms with van der Waals surface area (Å²) in [6.07, 6.45) is 0.910. The second-order valence-electron chi connectivity index (χ2n) is 3.18. The van der Waals surface area contributed by atoms with Crippen molar-refractivity contribution in [1.82, 2.24) is 4.98 Å². The van der Waals surface area contributed by atoms with Gasteiger partial charge in [-0.1, -0.05) is 18.5 Å². The van der Waals surface area contributed by atoms with E-state index >= 15 is 0 Å².